The van der Waals surface area contributed by atoms with Crippen molar-refractivity contribution in [1.82, 2.24) is 0 Å². The lowest BCUT2D eigenvalue weighted by molar-refractivity contribution is 0.102. The molecule has 2 amide bonds. The maximum atomic E-state index is 13.0. The monoisotopic (exact) mass is 436 g/mol. The summed E-state index contributed by atoms with van der Waals surface area (Å²) in [6.45, 7) is 2.19. The normalized spacial score (nSPS) is 10.1. The molecule has 0 heterocycles. The standard InChI is InChI=1S/C24H24N2O6/c1-4-31-20-12-10-16(26-24(28)32-18-8-6-5-7-9-18)14-19(20)23(27)25-17-11-13-21(29-2)22(15-17)30-3/h5-15H,4H2,1-3H3,(H,25,27)(H,26,28). The number of ether oxygens (including phenoxy) is 4. The number of amides is 2. The van der Waals surface area contributed by atoms with Crippen molar-refractivity contribution in [2.24, 2.45) is 0 Å². The average molecular weight is 436 g/mol. The van der Waals surface area contributed by atoms with Gasteiger partial charge < -0.3 is 24.3 Å². The lowest BCUT2D eigenvalue weighted by Crippen LogP contribution is -2.18. The largest absolute Gasteiger partial charge is 0.493 e. The number of carbonyl (C=O) groups excluding carboxylic acids is 2. The average Bonchev–Trinajstić information content (AvgIpc) is 2.80. The van der Waals surface area contributed by atoms with Crippen molar-refractivity contribution in [2.75, 3.05) is 31.5 Å². The highest BCUT2D eigenvalue weighted by Gasteiger charge is 2.16. The zero-order valence-electron chi connectivity index (χ0n) is 18.0. The molecule has 0 aromatic heterocycles. The molecule has 0 atom stereocenters. The molecule has 0 bridgehead atoms. The van der Waals surface area contributed by atoms with Gasteiger partial charge in [0.25, 0.3) is 5.91 Å². The van der Waals surface area contributed by atoms with Crippen LogP contribution in [0.2, 0.25) is 0 Å². The lowest BCUT2D eigenvalue weighted by atomic mass is 10.1. The molecule has 3 rings (SSSR count). The molecular weight excluding hydrogens is 412 g/mol. The van der Waals surface area contributed by atoms with Gasteiger partial charge in [0.05, 0.1) is 26.4 Å². The summed E-state index contributed by atoms with van der Waals surface area (Å²) in [5.41, 5.74) is 1.14. The Bertz CT molecular complexity index is 1090. The van der Waals surface area contributed by atoms with Crippen LogP contribution in [-0.4, -0.2) is 32.8 Å². The summed E-state index contributed by atoms with van der Waals surface area (Å²) in [7, 11) is 3.05. The van der Waals surface area contributed by atoms with E-state index in [1.807, 2.05) is 13.0 Å². The molecular formula is C24H24N2O6. The summed E-state index contributed by atoms with van der Waals surface area (Å²) in [4.78, 5) is 25.2. The highest BCUT2D eigenvalue weighted by atomic mass is 16.6. The molecule has 3 aromatic rings. The first-order valence-corrected chi connectivity index (χ1v) is 9.88. The minimum absolute atomic E-state index is 0.249. The number of rotatable bonds is 8. The van der Waals surface area contributed by atoms with Crippen LogP contribution in [0.15, 0.2) is 66.7 Å². The number of anilines is 2. The molecule has 0 spiro atoms. The fourth-order valence-corrected chi connectivity index (χ4v) is 2.92. The Morgan fingerprint density at radius 2 is 1.44 bits per heavy atom. The molecule has 32 heavy (non-hydrogen) atoms. The number of methoxy groups -OCH3 is 2. The Morgan fingerprint density at radius 3 is 2.09 bits per heavy atom. The van der Waals surface area contributed by atoms with E-state index in [0.29, 0.717) is 41.0 Å². The Balaban J connectivity index is 1.79. The molecule has 166 valence electrons. The van der Waals surface area contributed by atoms with E-state index in [0.717, 1.165) is 0 Å². The van der Waals surface area contributed by atoms with Gasteiger partial charge in [0.2, 0.25) is 0 Å². The van der Waals surface area contributed by atoms with Crippen molar-refractivity contribution in [3.8, 4) is 23.0 Å². The molecule has 8 heteroatoms. The number of hydrogen-bond donors (Lipinski definition) is 2. The van der Waals surface area contributed by atoms with E-state index in [1.165, 1.54) is 20.3 Å². The van der Waals surface area contributed by atoms with E-state index >= 15 is 0 Å². The number of hydrogen-bond acceptors (Lipinski definition) is 6. The summed E-state index contributed by atoms with van der Waals surface area (Å²) in [6.07, 6.45) is -0.674. The van der Waals surface area contributed by atoms with Gasteiger partial charge in [-0.05, 0) is 49.4 Å². The zero-order chi connectivity index (χ0) is 22.9. The van der Waals surface area contributed by atoms with E-state index in [4.69, 9.17) is 18.9 Å². The predicted molar refractivity (Wildman–Crippen MR) is 121 cm³/mol. The van der Waals surface area contributed by atoms with Crippen LogP contribution in [0, 0.1) is 0 Å². The maximum absolute atomic E-state index is 13.0. The van der Waals surface area contributed by atoms with Gasteiger partial charge in [0, 0.05) is 17.4 Å². The maximum Gasteiger partial charge on any atom is 0.417 e. The van der Waals surface area contributed by atoms with Gasteiger partial charge in [-0.3, -0.25) is 10.1 Å². The summed E-state index contributed by atoms with van der Waals surface area (Å²) >= 11 is 0. The third kappa shape index (κ3) is 5.69. The molecule has 0 unspecified atom stereocenters. The minimum atomic E-state index is -0.674. The fourth-order valence-electron chi connectivity index (χ4n) is 2.92. The third-order valence-electron chi connectivity index (χ3n) is 4.37. The first-order chi connectivity index (χ1) is 15.5. The van der Waals surface area contributed by atoms with Crippen LogP contribution in [0.5, 0.6) is 23.0 Å². The Labute approximate surface area is 186 Å². The highest BCUT2D eigenvalue weighted by molar-refractivity contribution is 6.07. The van der Waals surface area contributed by atoms with Crippen molar-refractivity contribution in [1.29, 1.82) is 0 Å². The van der Waals surface area contributed by atoms with Crippen LogP contribution in [0.25, 0.3) is 0 Å². The highest BCUT2D eigenvalue weighted by Crippen LogP contribution is 2.31. The van der Waals surface area contributed by atoms with Crippen LogP contribution < -0.4 is 29.6 Å². The van der Waals surface area contributed by atoms with E-state index in [1.54, 1.807) is 54.6 Å². The number of benzene rings is 3. The van der Waals surface area contributed by atoms with Gasteiger partial charge in [0.15, 0.2) is 11.5 Å². The van der Waals surface area contributed by atoms with Crippen LogP contribution in [0.4, 0.5) is 16.2 Å². The van der Waals surface area contributed by atoms with Crippen molar-refractivity contribution in [3.05, 3.63) is 72.3 Å². The van der Waals surface area contributed by atoms with Crippen molar-refractivity contribution >= 4 is 23.4 Å². The Morgan fingerprint density at radius 1 is 0.781 bits per heavy atom. The predicted octanol–water partition coefficient (Wildman–Crippen LogP) is 4.97. The minimum Gasteiger partial charge on any atom is -0.493 e. The summed E-state index contributed by atoms with van der Waals surface area (Å²) in [5, 5.41) is 5.42. The summed E-state index contributed by atoms with van der Waals surface area (Å²) in [5.74, 6) is 1.40. The summed E-state index contributed by atoms with van der Waals surface area (Å²) < 4.78 is 21.3. The van der Waals surface area contributed by atoms with E-state index < -0.39 is 12.0 Å². The van der Waals surface area contributed by atoms with Gasteiger partial charge in [-0.15, -0.1) is 0 Å². The molecule has 0 aliphatic carbocycles. The van der Waals surface area contributed by atoms with Crippen molar-refractivity contribution in [2.45, 2.75) is 6.92 Å². The zero-order valence-corrected chi connectivity index (χ0v) is 18.0. The molecule has 8 nitrogen and oxygen atoms in total. The van der Waals surface area contributed by atoms with Crippen molar-refractivity contribution in [3.63, 3.8) is 0 Å². The van der Waals surface area contributed by atoms with Crippen LogP contribution >= 0.6 is 0 Å². The second-order valence-electron chi connectivity index (χ2n) is 6.50. The van der Waals surface area contributed by atoms with E-state index in [9.17, 15) is 9.59 Å². The number of carbonyl (C=O) groups is 2. The fraction of sp³-hybridized carbons (Fsp3) is 0.167. The van der Waals surface area contributed by atoms with Gasteiger partial charge in [-0.1, -0.05) is 18.2 Å². The molecule has 0 aliphatic rings. The SMILES string of the molecule is CCOc1ccc(NC(=O)Oc2ccccc2)cc1C(=O)Nc1ccc(OC)c(OC)c1. The second-order valence-corrected chi connectivity index (χ2v) is 6.50. The lowest BCUT2D eigenvalue weighted by Gasteiger charge is -2.14. The van der Waals surface area contributed by atoms with Gasteiger partial charge in [-0.25, -0.2) is 4.79 Å². The van der Waals surface area contributed by atoms with Crippen LogP contribution in [0.3, 0.4) is 0 Å². The number of para-hydroxylation sites is 1. The second kappa shape index (κ2) is 10.7. The van der Waals surface area contributed by atoms with E-state index in [2.05, 4.69) is 10.6 Å². The van der Waals surface area contributed by atoms with Crippen LogP contribution in [0.1, 0.15) is 17.3 Å². The van der Waals surface area contributed by atoms with E-state index in [-0.39, 0.29) is 5.56 Å². The first-order valence-electron chi connectivity index (χ1n) is 9.88. The molecule has 0 radical (unpaired) electrons. The smallest absolute Gasteiger partial charge is 0.417 e. The van der Waals surface area contributed by atoms with Crippen molar-refractivity contribution < 1.29 is 28.5 Å². The van der Waals surface area contributed by atoms with Gasteiger partial charge in [-0.2, -0.15) is 0 Å². The molecule has 0 saturated carbocycles. The molecule has 0 aliphatic heterocycles. The topological polar surface area (TPSA) is 95.1 Å². The Hall–Kier alpha value is -4.20. The quantitative estimate of drug-likeness (QED) is 0.518. The number of nitrogens with one attached hydrogen (secondary N) is 2. The van der Waals surface area contributed by atoms with Gasteiger partial charge >= 0.3 is 6.09 Å². The van der Waals surface area contributed by atoms with Crippen LogP contribution in [-0.2, 0) is 0 Å². The summed E-state index contributed by atoms with van der Waals surface area (Å²) in [6, 6.07) is 18.5. The van der Waals surface area contributed by atoms with Gasteiger partial charge in [0.1, 0.15) is 11.5 Å². The molecule has 3 aromatic carbocycles. The third-order valence-corrected chi connectivity index (χ3v) is 4.37. The molecule has 2 N–H and O–H groups in total. The molecule has 0 fully saturated rings. The molecule has 0 saturated heterocycles. The first kappa shape index (κ1) is 22.5. The Kier molecular flexibility index (Phi) is 7.53.